The molecule has 6 heteroatoms. The van der Waals surface area contributed by atoms with Gasteiger partial charge >= 0.3 is 0 Å². The number of rotatable bonds is 4. The minimum Gasteiger partial charge on any atom is -0.497 e. The average molecular weight is 326 g/mol. The fourth-order valence-corrected chi connectivity index (χ4v) is 3.22. The fourth-order valence-electron chi connectivity index (χ4n) is 2.29. The Bertz CT molecular complexity index is 857. The third-order valence-corrected chi connectivity index (χ3v) is 4.48. The van der Waals surface area contributed by atoms with Gasteiger partial charge in [-0.2, -0.15) is 0 Å². The van der Waals surface area contributed by atoms with Crippen molar-refractivity contribution < 1.29 is 9.66 Å². The van der Waals surface area contributed by atoms with Crippen molar-refractivity contribution in [2.75, 3.05) is 7.11 Å². The Kier molecular flexibility index (Phi) is 4.08. The predicted octanol–water partition coefficient (Wildman–Crippen LogP) is 4.70. The first-order chi connectivity index (χ1) is 11.1. The van der Waals surface area contributed by atoms with Gasteiger partial charge in [-0.05, 0) is 31.2 Å². The molecule has 116 valence electrons. The lowest BCUT2D eigenvalue weighted by molar-refractivity contribution is -0.384. The van der Waals surface area contributed by atoms with Crippen LogP contribution in [0.4, 0.5) is 5.69 Å². The zero-order chi connectivity index (χ0) is 16.4. The van der Waals surface area contributed by atoms with E-state index in [0.717, 1.165) is 32.5 Å². The topological polar surface area (TPSA) is 65.3 Å². The second-order valence-corrected chi connectivity index (χ2v) is 6.16. The minimum atomic E-state index is -0.394. The minimum absolute atomic E-state index is 0.0707. The number of aryl methyl sites for hydroxylation is 1. The summed E-state index contributed by atoms with van der Waals surface area (Å²) in [6.45, 7) is 2.00. The van der Waals surface area contributed by atoms with Crippen LogP contribution in [0.3, 0.4) is 0 Å². The van der Waals surface area contributed by atoms with Gasteiger partial charge in [-0.25, -0.2) is 4.98 Å². The summed E-state index contributed by atoms with van der Waals surface area (Å²) in [4.78, 5) is 16.2. The Morgan fingerprint density at radius 2 is 1.87 bits per heavy atom. The second kappa shape index (κ2) is 6.18. The second-order valence-electron chi connectivity index (χ2n) is 4.96. The number of benzene rings is 2. The normalized spacial score (nSPS) is 10.5. The van der Waals surface area contributed by atoms with Crippen LogP contribution in [0.2, 0.25) is 0 Å². The average Bonchev–Trinajstić information content (AvgIpc) is 2.97. The fraction of sp³-hybridized carbons (Fsp3) is 0.118. The van der Waals surface area contributed by atoms with E-state index in [-0.39, 0.29) is 5.69 Å². The highest BCUT2D eigenvalue weighted by atomic mass is 32.1. The molecule has 0 fully saturated rings. The van der Waals surface area contributed by atoms with Crippen LogP contribution in [-0.4, -0.2) is 17.0 Å². The van der Waals surface area contributed by atoms with Crippen LogP contribution in [0.1, 0.15) is 4.88 Å². The summed E-state index contributed by atoms with van der Waals surface area (Å²) < 4.78 is 5.16. The molecule has 0 aliphatic carbocycles. The van der Waals surface area contributed by atoms with Crippen molar-refractivity contribution in [2.45, 2.75) is 6.92 Å². The number of hydrogen-bond donors (Lipinski definition) is 0. The van der Waals surface area contributed by atoms with Crippen molar-refractivity contribution in [3.63, 3.8) is 0 Å². The first kappa shape index (κ1) is 15.2. The van der Waals surface area contributed by atoms with Gasteiger partial charge in [0.05, 0.1) is 17.7 Å². The van der Waals surface area contributed by atoms with Crippen LogP contribution < -0.4 is 4.74 Å². The molecule has 0 aliphatic rings. The Morgan fingerprint density at radius 3 is 2.52 bits per heavy atom. The van der Waals surface area contributed by atoms with Crippen molar-refractivity contribution in [1.82, 2.24) is 4.98 Å². The van der Waals surface area contributed by atoms with E-state index >= 15 is 0 Å². The molecule has 0 aliphatic heterocycles. The molecule has 0 N–H and O–H groups in total. The lowest BCUT2D eigenvalue weighted by Crippen LogP contribution is -1.88. The van der Waals surface area contributed by atoms with Crippen molar-refractivity contribution >= 4 is 17.0 Å². The van der Waals surface area contributed by atoms with Gasteiger partial charge < -0.3 is 4.74 Å². The van der Waals surface area contributed by atoms with E-state index in [4.69, 9.17) is 4.74 Å². The number of thiazole rings is 1. The number of ether oxygens (including phenoxy) is 1. The van der Waals surface area contributed by atoms with E-state index in [1.807, 2.05) is 37.3 Å². The van der Waals surface area contributed by atoms with Gasteiger partial charge in [0, 0.05) is 28.1 Å². The zero-order valence-electron chi connectivity index (χ0n) is 12.6. The summed E-state index contributed by atoms with van der Waals surface area (Å²) in [5.41, 5.74) is 2.71. The van der Waals surface area contributed by atoms with Crippen molar-refractivity contribution in [1.29, 1.82) is 0 Å². The first-order valence-corrected chi connectivity index (χ1v) is 7.77. The molecule has 23 heavy (non-hydrogen) atoms. The van der Waals surface area contributed by atoms with E-state index in [9.17, 15) is 10.1 Å². The van der Waals surface area contributed by atoms with Gasteiger partial charge in [0.15, 0.2) is 0 Å². The molecule has 0 saturated carbocycles. The lowest BCUT2D eigenvalue weighted by Gasteiger charge is -2.01. The van der Waals surface area contributed by atoms with E-state index in [0.29, 0.717) is 0 Å². The van der Waals surface area contributed by atoms with Crippen LogP contribution in [0.15, 0.2) is 48.5 Å². The number of methoxy groups -OCH3 is 1. The largest absolute Gasteiger partial charge is 0.497 e. The highest BCUT2D eigenvalue weighted by molar-refractivity contribution is 7.15. The molecule has 0 spiro atoms. The number of hydrogen-bond acceptors (Lipinski definition) is 5. The standard InChI is InChI=1S/C17H14N2O3S/c1-11-16(12-6-8-15(22-2)9-7-12)18-17(23-11)13-4-3-5-14(10-13)19(20)21/h3-10H,1-2H3. The zero-order valence-corrected chi connectivity index (χ0v) is 13.5. The summed E-state index contributed by atoms with van der Waals surface area (Å²) in [6.07, 6.45) is 0. The summed E-state index contributed by atoms with van der Waals surface area (Å²) in [6, 6.07) is 14.2. The third-order valence-electron chi connectivity index (χ3n) is 3.46. The molecule has 1 aromatic heterocycles. The maximum Gasteiger partial charge on any atom is 0.270 e. The third kappa shape index (κ3) is 3.07. The van der Waals surface area contributed by atoms with Crippen molar-refractivity contribution in [3.05, 3.63) is 63.5 Å². The van der Waals surface area contributed by atoms with Gasteiger partial charge in [-0.3, -0.25) is 10.1 Å². The number of nitrogens with zero attached hydrogens (tertiary/aromatic N) is 2. The van der Waals surface area contributed by atoms with Crippen molar-refractivity contribution in [2.24, 2.45) is 0 Å². The van der Waals surface area contributed by atoms with Crippen molar-refractivity contribution in [3.8, 4) is 27.6 Å². The summed E-state index contributed by atoms with van der Waals surface area (Å²) in [5, 5.41) is 11.7. The monoisotopic (exact) mass is 326 g/mol. The highest BCUT2D eigenvalue weighted by Gasteiger charge is 2.14. The highest BCUT2D eigenvalue weighted by Crippen LogP contribution is 2.34. The number of non-ortho nitro benzene ring substituents is 1. The molecule has 0 radical (unpaired) electrons. The van der Waals surface area contributed by atoms with Gasteiger partial charge in [0.1, 0.15) is 10.8 Å². The van der Waals surface area contributed by atoms with E-state index < -0.39 is 4.92 Å². The number of nitro benzene ring substituents is 1. The predicted molar refractivity (Wildman–Crippen MR) is 90.9 cm³/mol. The smallest absolute Gasteiger partial charge is 0.270 e. The molecule has 0 unspecified atom stereocenters. The molecular formula is C17H14N2O3S. The van der Waals surface area contributed by atoms with E-state index in [2.05, 4.69) is 4.98 Å². The van der Waals surface area contributed by atoms with Gasteiger partial charge in [0.2, 0.25) is 0 Å². The molecule has 1 heterocycles. The Morgan fingerprint density at radius 1 is 1.13 bits per heavy atom. The molecular weight excluding hydrogens is 312 g/mol. The molecule has 0 amide bonds. The maximum absolute atomic E-state index is 10.9. The van der Waals surface area contributed by atoms with Gasteiger partial charge in [-0.1, -0.05) is 12.1 Å². The Balaban J connectivity index is 2.00. The van der Waals surface area contributed by atoms with E-state index in [1.165, 1.54) is 17.4 Å². The molecule has 0 saturated heterocycles. The molecule has 5 nitrogen and oxygen atoms in total. The molecule has 0 bridgehead atoms. The number of aromatic nitrogens is 1. The Hall–Kier alpha value is -2.73. The quantitative estimate of drug-likeness (QED) is 0.515. The molecule has 0 atom stereocenters. The maximum atomic E-state index is 10.9. The molecule has 2 aromatic carbocycles. The number of nitro groups is 1. The first-order valence-electron chi connectivity index (χ1n) is 6.95. The summed E-state index contributed by atoms with van der Waals surface area (Å²) in [5.74, 6) is 0.792. The van der Waals surface area contributed by atoms with Crippen LogP contribution in [0.25, 0.3) is 21.8 Å². The van der Waals surface area contributed by atoms with E-state index in [1.54, 1.807) is 19.2 Å². The lowest BCUT2D eigenvalue weighted by atomic mass is 10.1. The molecule has 3 rings (SSSR count). The van der Waals surface area contributed by atoms with Crippen LogP contribution in [0, 0.1) is 17.0 Å². The van der Waals surface area contributed by atoms with Gasteiger partial charge in [0.25, 0.3) is 5.69 Å². The summed E-state index contributed by atoms with van der Waals surface area (Å²) >= 11 is 1.53. The van der Waals surface area contributed by atoms with Crippen LogP contribution in [-0.2, 0) is 0 Å². The SMILES string of the molecule is COc1ccc(-c2nc(-c3cccc([N+](=O)[O-])c3)sc2C)cc1. The molecule has 3 aromatic rings. The van der Waals surface area contributed by atoms with Crippen LogP contribution >= 0.6 is 11.3 Å². The Labute approximate surface area is 137 Å². The summed E-state index contributed by atoms with van der Waals surface area (Å²) in [7, 11) is 1.63. The van der Waals surface area contributed by atoms with Crippen LogP contribution in [0.5, 0.6) is 5.75 Å². The van der Waals surface area contributed by atoms with Gasteiger partial charge in [-0.15, -0.1) is 11.3 Å².